The lowest BCUT2D eigenvalue weighted by Crippen LogP contribution is -2.11. The molecule has 0 saturated carbocycles. The fourth-order valence-electron chi connectivity index (χ4n) is 2.76. The number of hydrogen-bond donors (Lipinski definition) is 3. The van der Waals surface area contributed by atoms with Gasteiger partial charge in [-0.05, 0) is 60.2 Å². The van der Waals surface area contributed by atoms with Gasteiger partial charge < -0.3 is 15.3 Å². The zero-order chi connectivity index (χ0) is 19.5. The van der Waals surface area contributed by atoms with Crippen LogP contribution in [0.1, 0.15) is 15.9 Å². The van der Waals surface area contributed by atoms with Crippen molar-refractivity contribution in [1.82, 2.24) is 9.97 Å². The van der Waals surface area contributed by atoms with Gasteiger partial charge in [-0.1, -0.05) is 23.7 Å². The van der Waals surface area contributed by atoms with E-state index < -0.39 is 0 Å². The summed E-state index contributed by atoms with van der Waals surface area (Å²) in [5.41, 5.74) is 3.40. The van der Waals surface area contributed by atoms with E-state index >= 15 is 0 Å². The average Bonchev–Trinajstić information content (AvgIpc) is 3.07. The molecule has 3 aromatic carbocycles. The number of benzene rings is 3. The maximum atomic E-state index is 12.5. The van der Waals surface area contributed by atoms with Crippen molar-refractivity contribution in [3.8, 4) is 0 Å². The number of aromatic nitrogens is 2. The Morgan fingerprint density at radius 2 is 1.64 bits per heavy atom. The summed E-state index contributed by atoms with van der Waals surface area (Å²) >= 11 is 7.61. The van der Waals surface area contributed by atoms with Crippen LogP contribution in [0.25, 0.3) is 11.0 Å². The highest BCUT2D eigenvalue weighted by atomic mass is 35.5. The van der Waals surface area contributed by atoms with Crippen LogP contribution in [0.5, 0.6) is 0 Å². The van der Waals surface area contributed by atoms with Gasteiger partial charge in [-0.2, -0.15) is 0 Å². The Morgan fingerprint density at radius 3 is 2.39 bits per heavy atom. The molecular weight excluding hydrogens is 394 g/mol. The first-order valence-corrected chi connectivity index (χ1v) is 9.94. The summed E-state index contributed by atoms with van der Waals surface area (Å²) in [5.74, 6) is 0.607. The third-order valence-electron chi connectivity index (χ3n) is 4.21. The second kappa shape index (κ2) is 7.96. The first-order chi connectivity index (χ1) is 13.6. The lowest BCUT2D eigenvalue weighted by atomic mass is 10.1. The first-order valence-electron chi connectivity index (χ1n) is 8.57. The first kappa shape index (κ1) is 18.4. The number of carbonyl (C=O) groups excluding carboxylic acids is 1. The minimum absolute atomic E-state index is 0.200. The molecular formula is C21H16ClN3O2S. The lowest BCUT2D eigenvalue weighted by molar-refractivity contribution is 0.102. The van der Waals surface area contributed by atoms with Gasteiger partial charge in [0, 0.05) is 26.9 Å². The molecule has 0 aliphatic heterocycles. The van der Waals surface area contributed by atoms with E-state index in [4.69, 9.17) is 11.6 Å². The standard InChI is InChI=1S/C21H16ClN3O2S/c22-15-5-8-17(9-6-15)28-12-13-1-3-14(4-2-13)20(26)23-16-7-10-18-19(11-16)25-21(27)24-18/h1-11H,12H2,(H,23,26)(H2,24,25,27). The number of anilines is 1. The fourth-order valence-corrected chi connectivity index (χ4v) is 3.74. The van der Waals surface area contributed by atoms with E-state index in [1.54, 1.807) is 30.0 Å². The maximum Gasteiger partial charge on any atom is 0.323 e. The maximum absolute atomic E-state index is 12.5. The number of hydrogen-bond acceptors (Lipinski definition) is 3. The number of nitrogens with one attached hydrogen (secondary N) is 3. The third-order valence-corrected chi connectivity index (χ3v) is 5.54. The van der Waals surface area contributed by atoms with Gasteiger partial charge in [-0.15, -0.1) is 11.8 Å². The smallest absolute Gasteiger partial charge is 0.322 e. The number of H-pyrrole nitrogens is 2. The molecule has 0 atom stereocenters. The summed E-state index contributed by atoms with van der Waals surface area (Å²) in [7, 11) is 0. The molecule has 1 aromatic heterocycles. The van der Waals surface area contributed by atoms with Gasteiger partial charge in [-0.25, -0.2) is 4.79 Å². The Kier molecular flexibility index (Phi) is 5.23. The molecule has 3 N–H and O–H groups in total. The molecule has 0 aliphatic carbocycles. The number of carbonyl (C=O) groups is 1. The molecule has 0 spiro atoms. The minimum atomic E-state index is -0.273. The van der Waals surface area contributed by atoms with Crippen molar-refractivity contribution in [3.05, 3.63) is 93.4 Å². The van der Waals surface area contributed by atoms with Crippen LogP contribution in [-0.2, 0) is 5.75 Å². The molecule has 0 unspecified atom stereocenters. The highest BCUT2D eigenvalue weighted by Crippen LogP contribution is 2.24. The molecule has 0 aliphatic rings. The van der Waals surface area contributed by atoms with Gasteiger partial charge in [0.05, 0.1) is 11.0 Å². The quantitative estimate of drug-likeness (QED) is 0.403. The molecule has 28 heavy (non-hydrogen) atoms. The Balaban J connectivity index is 1.40. The number of rotatable bonds is 5. The van der Waals surface area contributed by atoms with Gasteiger partial charge >= 0.3 is 5.69 Å². The number of amides is 1. The van der Waals surface area contributed by atoms with E-state index in [-0.39, 0.29) is 11.6 Å². The van der Waals surface area contributed by atoms with Crippen LogP contribution in [0.15, 0.2) is 76.4 Å². The fraction of sp³-hybridized carbons (Fsp3) is 0.0476. The normalized spacial score (nSPS) is 10.9. The number of fused-ring (bicyclic) bond motifs is 1. The van der Waals surface area contributed by atoms with Gasteiger partial charge in [0.15, 0.2) is 0 Å². The van der Waals surface area contributed by atoms with Crippen LogP contribution in [0.4, 0.5) is 5.69 Å². The molecule has 0 saturated heterocycles. The van der Waals surface area contributed by atoms with E-state index in [0.717, 1.165) is 21.2 Å². The largest absolute Gasteiger partial charge is 0.323 e. The summed E-state index contributed by atoms with van der Waals surface area (Å²) in [6.07, 6.45) is 0. The number of imidazole rings is 1. The van der Waals surface area contributed by atoms with Crippen LogP contribution in [0.2, 0.25) is 5.02 Å². The zero-order valence-electron chi connectivity index (χ0n) is 14.7. The third kappa shape index (κ3) is 4.30. The van der Waals surface area contributed by atoms with Crippen molar-refractivity contribution in [2.24, 2.45) is 0 Å². The van der Waals surface area contributed by atoms with Crippen molar-refractivity contribution in [2.45, 2.75) is 10.6 Å². The van der Waals surface area contributed by atoms with E-state index in [0.29, 0.717) is 22.3 Å². The van der Waals surface area contributed by atoms with Crippen molar-refractivity contribution in [3.63, 3.8) is 0 Å². The summed E-state index contributed by atoms with van der Waals surface area (Å²) in [5, 5.41) is 3.57. The van der Waals surface area contributed by atoms with E-state index in [9.17, 15) is 9.59 Å². The predicted octanol–water partition coefficient (Wildman–Crippen LogP) is 5.05. The van der Waals surface area contributed by atoms with Gasteiger partial charge in [0.2, 0.25) is 0 Å². The van der Waals surface area contributed by atoms with Crippen LogP contribution < -0.4 is 11.0 Å². The topological polar surface area (TPSA) is 77.8 Å². The molecule has 4 aromatic rings. The molecule has 7 heteroatoms. The minimum Gasteiger partial charge on any atom is -0.322 e. The summed E-state index contributed by atoms with van der Waals surface area (Å²) in [6, 6.07) is 20.5. The van der Waals surface area contributed by atoms with E-state index in [1.807, 2.05) is 48.5 Å². The molecule has 5 nitrogen and oxygen atoms in total. The van der Waals surface area contributed by atoms with Crippen molar-refractivity contribution in [2.75, 3.05) is 5.32 Å². The summed E-state index contributed by atoms with van der Waals surface area (Å²) in [6.45, 7) is 0. The van der Waals surface area contributed by atoms with Crippen LogP contribution >= 0.6 is 23.4 Å². The van der Waals surface area contributed by atoms with Gasteiger partial charge in [-0.3, -0.25) is 4.79 Å². The van der Waals surface area contributed by atoms with Gasteiger partial charge in [0.1, 0.15) is 0 Å². The average molecular weight is 410 g/mol. The molecule has 1 amide bonds. The number of halogens is 1. The molecule has 1 heterocycles. The Hall–Kier alpha value is -2.96. The summed E-state index contributed by atoms with van der Waals surface area (Å²) < 4.78 is 0. The molecule has 0 radical (unpaired) electrons. The second-order valence-corrected chi connectivity index (χ2v) is 7.72. The summed E-state index contributed by atoms with van der Waals surface area (Å²) in [4.78, 5) is 30.3. The molecule has 0 bridgehead atoms. The molecule has 0 fully saturated rings. The second-order valence-electron chi connectivity index (χ2n) is 6.23. The molecule has 140 valence electrons. The highest BCUT2D eigenvalue weighted by Gasteiger charge is 2.08. The SMILES string of the molecule is O=C(Nc1ccc2[nH]c(=O)[nH]c2c1)c1ccc(CSc2ccc(Cl)cc2)cc1. The van der Waals surface area contributed by atoms with Crippen LogP contribution in [-0.4, -0.2) is 15.9 Å². The Bertz CT molecular complexity index is 1180. The molecule has 4 rings (SSSR count). The van der Waals surface area contributed by atoms with E-state index in [2.05, 4.69) is 15.3 Å². The number of aromatic amines is 2. The monoisotopic (exact) mass is 409 g/mol. The van der Waals surface area contributed by atoms with Gasteiger partial charge in [0.25, 0.3) is 5.91 Å². The Labute approximate surface area is 170 Å². The number of thioether (sulfide) groups is 1. The van der Waals surface area contributed by atoms with Crippen molar-refractivity contribution < 1.29 is 4.79 Å². The Morgan fingerprint density at radius 1 is 0.929 bits per heavy atom. The highest BCUT2D eigenvalue weighted by molar-refractivity contribution is 7.98. The predicted molar refractivity (Wildman–Crippen MR) is 114 cm³/mol. The van der Waals surface area contributed by atoms with E-state index in [1.165, 1.54) is 0 Å². The van der Waals surface area contributed by atoms with Crippen molar-refractivity contribution in [1.29, 1.82) is 0 Å². The zero-order valence-corrected chi connectivity index (χ0v) is 16.2. The van der Waals surface area contributed by atoms with Crippen LogP contribution in [0.3, 0.4) is 0 Å². The lowest BCUT2D eigenvalue weighted by Gasteiger charge is -2.07. The van der Waals surface area contributed by atoms with Crippen molar-refractivity contribution >= 4 is 46.0 Å². The van der Waals surface area contributed by atoms with Crippen LogP contribution in [0, 0.1) is 0 Å².